The van der Waals surface area contributed by atoms with Gasteiger partial charge in [-0.15, -0.1) is 0 Å². The van der Waals surface area contributed by atoms with Gasteiger partial charge in [0.25, 0.3) is 0 Å². The summed E-state index contributed by atoms with van der Waals surface area (Å²) >= 11 is 0. The monoisotopic (exact) mass is 369 g/mol. The van der Waals surface area contributed by atoms with Crippen LogP contribution < -0.4 is 9.64 Å². The number of rotatable bonds is 4. The van der Waals surface area contributed by atoms with Crippen LogP contribution in [0.3, 0.4) is 0 Å². The van der Waals surface area contributed by atoms with E-state index in [-0.39, 0.29) is 0 Å². The topological polar surface area (TPSA) is 12.5 Å². The summed E-state index contributed by atoms with van der Waals surface area (Å²) in [4.78, 5) is 2.44. The van der Waals surface area contributed by atoms with Crippen molar-refractivity contribution in [2.75, 3.05) is 11.4 Å². The van der Waals surface area contributed by atoms with Gasteiger partial charge in [-0.1, -0.05) is 43.3 Å². The minimum Gasteiger partial charge on any atom is -0.489 e. The minimum absolute atomic E-state index is 0.615. The van der Waals surface area contributed by atoms with Crippen LogP contribution in [0, 0.1) is 5.92 Å². The lowest BCUT2D eigenvalue weighted by atomic mass is 9.99. The van der Waals surface area contributed by atoms with Crippen LogP contribution in [0.4, 0.5) is 11.4 Å². The molecule has 28 heavy (non-hydrogen) atoms. The van der Waals surface area contributed by atoms with Crippen LogP contribution in [-0.4, -0.2) is 6.54 Å². The Morgan fingerprint density at radius 3 is 2.61 bits per heavy atom. The quantitative estimate of drug-likeness (QED) is 0.552. The number of hydrogen-bond acceptors (Lipinski definition) is 2. The second-order valence-corrected chi connectivity index (χ2v) is 8.29. The third-order valence-corrected chi connectivity index (χ3v) is 6.06. The van der Waals surface area contributed by atoms with Gasteiger partial charge < -0.3 is 9.64 Å². The smallest absolute Gasteiger partial charge is 0.120 e. The van der Waals surface area contributed by atoms with Crippen molar-refractivity contribution >= 4 is 11.4 Å². The Bertz CT molecular complexity index is 979. The van der Waals surface area contributed by atoms with Crippen LogP contribution in [0.2, 0.25) is 0 Å². The van der Waals surface area contributed by atoms with Crippen molar-refractivity contribution in [2.24, 2.45) is 5.92 Å². The third-order valence-electron chi connectivity index (χ3n) is 6.06. The number of benzene rings is 3. The van der Waals surface area contributed by atoms with Crippen molar-refractivity contribution < 1.29 is 4.74 Å². The predicted octanol–water partition coefficient (Wildman–Crippen LogP) is 6.08. The van der Waals surface area contributed by atoms with E-state index in [1.165, 1.54) is 52.9 Å². The molecule has 0 N–H and O–H groups in total. The van der Waals surface area contributed by atoms with Gasteiger partial charge in [0.1, 0.15) is 12.4 Å². The first-order valence-corrected chi connectivity index (χ1v) is 10.5. The molecule has 0 saturated carbocycles. The molecule has 0 fully saturated rings. The highest BCUT2D eigenvalue weighted by atomic mass is 16.5. The predicted molar refractivity (Wildman–Crippen MR) is 116 cm³/mol. The molecule has 2 heteroatoms. The summed E-state index contributed by atoms with van der Waals surface area (Å²) in [5, 5.41) is 0. The molecule has 1 unspecified atom stereocenters. The molecule has 2 nitrogen and oxygen atoms in total. The van der Waals surface area contributed by atoms with E-state index in [4.69, 9.17) is 4.74 Å². The van der Waals surface area contributed by atoms with Crippen molar-refractivity contribution in [2.45, 2.75) is 39.2 Å². The summed E-state index contributed by atoms with van der Waals surface area (Å²) in [5.41, 5.74) is 8.23. The second-order valence-electron chi connectivity index (χ2n) is 8.29. The lowest BCUT2D eigenvalue weighted by molar-refractivity contribution is 0.306. The Kier molecular flexibility index (Phi) is 4.56. The summed E-state index contributed by atoms with van der Waals surface area (Å²) < 4.78 is 6.17. The molecular weight excluding hydrogens is 342 g/mol. The number of aryl methyl sites for hydroxylation is 1. The summed E-state index contributed by atoms with van der Waals surface area (Å²) in [6.07, 6.45) is 4.74. The van der Waals surface area contributed by atoms with Gasteiger partial charge in [-0.25, -0.2) is 0 Å². The largest absolute Gasteiger partial charge is 0.489 e. The van der Waals surface area contributed by atoms with Gasteiger partial charge in [-0.3, -0.25) is 0 Å². The first kappa shape index (κ1) is 17.4. The molecule has 5 rings (SSSR count). The molecule has 3 aromatic rings. The zero-order valence-corrected chi connectivity index (χ0v) is 16.5. The Hall–Kier alpha value is -2.74. The molecule has 0 amide bonds. The summed E-state index contributed by atoms with van der Waals surface area (Å²) in [7, 11) is 0. The fourth-order valence-electron chi connectivity index (χ4n) is 4.66. The maximum absolute atomic E-state index is 6.17. The van der Waals surface area contributed by atoms with Crippen LogP contribution in [-0.2, 0) is 25.9 Å². The van der Waals surface area contributed by atoms with Crippen LogP contribution in [0.1, 0.15) is 35.6 Å². The Morgan fingerprint density at radius 1 is 0.893 bits per heavy atom. The fourth-order valence-corrected chi connectivity index (χ4v) is 4.66. The molecule has 142 valence electrons. The first-order chi connectivity index (χ1) is 13.8. The molecule has 1 aliphatic heterocycles. The van der Waals surface area contributed by atoms with Crippen LogP contribution in [0.25, 0.3) is 0 Å². The number of hydrogen-bond donors (Lipinski definition) is 0. The van der Waals surface area contributed by atoms with E-state index in [1.54, 1.807) is 0 Å². The van der Waals surface area contributed by atoms with Gasteiger partial charge in [-0.2, -0.15) is 0 Å². The van der Waals surface area contributed by atoms with E-state index in [9.17, 15) is 0 Å². The molecule has 1 aliphatic carbocycles. The van der Waals surface area contributed by atoms with Crippen molar-refractivity contribution in [1.29, 1.82) is 0 Å². The van der Waals surface area contributed by atoms with Gasteiger partial charge in [-0.05, 0) is 84.2 Å². The van der Waals surface area contributed by atoms with Crippen LogP contribution in [0.5, 0.6) is 5.75 Å². The molecular formula is C26H27NO. The van der Waals surface area contributed by atoms with E-state index in [0.29, 0.717) is 6.61 Å². The number of anilines is 2. The second kappa shape index (κ2) is 7.35. The molecule has 0 saturated heterocycles. The van der Waals surface area contributed by atoms with E-state index in [0.717, 1.165) is 24.6 Å². The molecule has 3 aromatic carbocycles. The highest BCUT2D eigenvalue weighted by Crippen LogP contribution is 2.35. The molecule has 0 bridgehead atoms. The Labute approximate surface area is 167 Å². The average molecular weight is 370 g/mol. The SMILES string of the molecule is CC1Cc2ccc(OCc3ccc4c(c3)N(c3ccccc3)CCC4)cc2C1. The molecule has 1 atom stereocenters. The number of ether oxygens (including phenoxy) is 1. The van der Waals surface area contributed by atoms with E-state index in [1.807, 2.05) is 0 Å². The number of nitrogens with zero attached hydrogens (tertiary/aromatic N) is 1. The minimum atomic E-state index is 0.615. The molecule has 0 radical (unpaired) electrons. The summed E-state index contributed by atoms with van der Waals surface area (Å²) in [5.74, 6) is 1.75. The Balaban J connectivity index is 1.35. The molecule has 1 heterocycles. The van der Waals surface area contributed by atoms with Crippen LogP contribution in [0.15, 0.2) is 66.7 Å². The molecule has 0 aromatic heterocycles. The van der Waals surface area contributed by atoms with Crippen molar-refractivity contribution in [3.05, 3.63) is 89.0 Å². The van der Waals surface area contributed by atoms with Gasteiger partial charge in [0.2, 0.25) is 0 Å². The Morgan fingerprint density at radius 2 is 1.71 bits per heavy atom. The van der Waals surface area contributed by atoms with Crippen LogP contribution >= 0.6 is 0 Å². The summed E-state index contributed by atoms with van der Waals surface area (Å²) in [6.45, 7) is 4.01. The van der Waals surface area contributed by atoms with E-state index < -0.39 is 0 Å². The first-order valence-electron chi connectivity index (χ1n) is 10.5. The van der Waals surface area contributed by atoms with E-state index in [2.05, 4.69) is 78.6 Å². The zero-order chi connectivity index (χ0) is 18.9. The highest BCUT2D eigenvalue weighted by Gasteiger charge is 2.20. The lowest BCUT2D eigenvalue weighted by Gasteiger charge is -2.32. The van der Waals surface area contributed by atoms with Gasteiger partial charge in [0, 0.05) is 17.9 Å². The normalized spacial score (nSPS) is 17.9. The fraction of sp³-hybridized carbons (Fsp3) is 0.308. The third kappa shape index (κ3) is 3.40. The van der Waals surface area contributed by atoms with Crippen molar-refractivity contribution in [3.63, 3.8) is 0 Å². The number of para-hydroxylation sites is 1. The van der Waals surface area contributed by atoms with E-state index >= 15 is 0 Å². The summed E-state index contributed by atoms with van der Waals surface area (Å²) in [6, 6.07) is 24.2. The number of fused-ring (bicyclic) bond motifs is 2. The van der Waals surface area contributed by atoms with Gasteiger partial charge in [0.05, 0.1) is 0 Å². The van der Waals surface area contributed by atoms with Gasteiger partial charge in [0.15, 0.2) is 0 Å². The zero-order valence-electron chi connectivity index (χ0n) is 16.5. The lowest BCUT2D eigenvalue weighted by Crippen LogP contribution is -2.24. The maximum atomic E-state index is 6.17. The average Bonchev–Trinajstić information content (AvgIpc) is 3.11. The highest BCUT2D eigenvalue weighted by molar-refractivity contribution is 5.68. The van der Waals surface area contributed by atoms with Crippen molar-refractivity contribution in [3.8, 4) is 5.75 Å². The molecule has 2 aliphatic rings. The van der Waals surface area contributed by atoms with Crippen molar-refractivity contribution in [1.82, 2.24) is 0 Å². The van der Waals surface area contributed by atoms with Gasteiger partial charge >= 0.3 is 0 Å². The standard InChI is InChI=1S/C26H27NO/c1-19-14-22-11-12-25(17-23(22)15-19)28-18-20-9-10-21-6-5-13-27(26(21)16-20)24-7-3-2-4-8-24/h2-4,7-12,16-17,19H,5-6,13-15,18H2,1H3. The molecule has 0 spiro atoms. The maximum Gasteiger partial charge on any atom is 0.120 e.